The van der Waals surface area contributed by atoms with Crippen molar-refractivity contribution in [3.8, 4) is 18.2 Å². The summed E-state index contributed by atoms with van der Waals surface area (Å²) < 4.78 is 0. The van der Waals surface area contributed by atoms with Crippen LogP contribution in [0.5, 0.6) is 0 Å². The molecule has 0 saturated carbocycles. The van der Waals surface area contributed by atoms with Gasteiger partial charge in [-0.1, -0.05) is 47.0 Å². The normalized spacial score (nSPS) is 17.5. The van der Waals surface area contributed by atoms with Gasteiger partial charge in [0.1, 0.15) is 23.8 Å². The van der Waals surface area contributed by atoms with Gasteiger partial charge in [0.15, 0.2) is 0 Å². The summed E-state index contributed by atoms with van der Waals surface area (Å²) in [6.07, 6.45) is 6.06. The summed E-state index contributed by atoms with van der Waals surface area (Å²) in [5.41, 5.74) is 1.99. The largest absolute Gasteiger partial charge is 0.387 e. The van der Waals surface area contributed by atoms with E-state index in [1.165, 1.54) is 19.3 Å². The highest BCUT2D eigenvalue weighted by Crippen LogP contribution is 2.42. The van der Waals surface area contributed by atoms with Crippen LogP contribution in [0.25, 0.3) is 0 Å². The minimum absolute atomic E-state index is 0.0663. The van der Waals surface area contributed by atoms with E-state index in [9.17, 15) is 15.8 Å². The Labute approximate surface area is 146 Å². The Morgan fingerprint density at radius 2 is 1.83 bits per heavy atom. The van der Waals surface area contributed by atoms with Crippen molar-refractivity contribution < 1.29 is 0 Å². The van der Waals surface area contributed by atoms with Crippen LogP contribution in [0.15, 0.2) is 22.4 Å². The summed E-state index contributed by atoms with van der Waals surface area (Å²) in [5, 5.41) is 31.5. The molecule has 0 radical (unpaired) electrons. The van der Waals surface area contributed by atoms with Gasteiger partial charge in [0, 0.05) is 17.8 Å². The molecule has 0 aromatic heterocycles. The summed E-state index contributed by atoms with van der Waals surface area (Å²) >= 11 is 0. The SMILES string of the molecule is CCCCC(CC)CNC1=C(C#N)C(=C(C#N)C#N)CC(C)(C)C1. The molecule has 0 bridgehead atoms. The lowest BCUT2D eigenvalue weighted by Gasteiger charge is -2.34. The molecule has 0 aliphatic heterocycles. The second-order valence-corrected chi connectivity index (χ2v) is 7.36. The monoisotopic (exact) mass is 324 g/mol. The quantitative estimate of drug-likeness (QED) is 0.686. The molecule has 0 heterocycles. The maximum Gasteiger partial charge on any atom is 0.134 e. The van der Waals surface area contributed by atoms with Crippen molar-refractivity contribution in [1.29, 1.82) is 15.8 Å². The number of allylic oxidation sites excluding steroid dienone is 4. The van der Waals surface area contributed by atoms with Crippen LogP contribution in [0, 0.1) is 45.3 Å². The highest BCUT2D eigenvalue weighted by Gasteiger charge is 2.32. The molecule has 128 valence electrons. The van der Waals surface area contributed by atoms with Crippen LogP contribution in [0.1, 0.15) is 66.2 Å². The molecule has 4 heteroatoms. The van der Waals surface area contributed by atoms with Crippen molar-refractivity contribution in [3.05, 3.63) is 22.4 Å². The molecule has 24 heavy (non-hydrogen) atoms. The molecule has 1 aliphatic carbocycles. The number of nitrogens with one attached hydrogen (secondary N) is 1. The Bertz CT molecular complexity index is 616. The molecular formula is C20H28N4. The molecular weight excluding hydrogens is 296 g/mol. The van der Waals surface area contributed by atoms with Gasteiger partial charge < -0.3 is 5.32 Å². The third kappa shape index (κ3) is 5.14. The highest BCUT2D eigenvalue weighted by atomic mass is 14.9. The zero-order valence-electron chi connectivity index (χ0n) is 15.4. The molecule has 0 aromatic rings. The van der Waals surface area contributed by atoms with E-state index in [2.05, 4.69) is 39.1 Å². The smallest absolute Gasteiger partial charge is 0.134 e. The van der Waals surface area contributed by atoms with Crippen molar-refractivity contribution in [2.45, 2.75) is 66.2 Å². The van der Waals surface area contributed by atoms with E-state index in [1.54, 1.807) is 0 Å². The van der Waals surface area contributed by atoms with E-state index < -0.39 is 0 Å². The molecule has 0 fully saturated rings. The standard InChI is InChI=1S/C20H28N4/c1-5-7-8-15(6-2)14-24-19-10-20(3,4)9-17(18(19)13-23)16(11-21)12-22/h15,24H,5-10,14H2,1-4H3. The third-order valence-corrected chi connectivity index (χ3v) is 4.70. The average Bonchev–Trinajstić information content (AvgIpc) is 2.55. The first-order chi connectivity index (χ1) is 11.4. The Hall–Kier alpha value is -2.25. The maximum absolute atomic E-state index is 9.60. The number of hydrogen-bond donors (Lipinski definition) is 1. The highest BCUT2D eigenvalue weighted by molar-refractivity contribution is 5.57. The minimum atomic E-state index is -0.0674. The number of unbranched alkanes of at least 4 members (excludes halogenated alkanes) is 1. The topological polar surface area (TPSA) is 83.4 Å². The fourth-order valence-corrected chi connectivity index (χ4v) is 3.25. The molecule has 0 aromatic carbocycles. The number of nitrogens with zero attached hydrogens (tertiary/aromatic N) is 3. The van der Waals surface area contributed by atoms with Gasteiger partial charge in [0.05, 0.1) is 5.57 Å². The Balaban J connectivity index is 3.13. The predicted octanol–water partition coefficient (Wildman–Crippen LogP) is 4.73. The van der Waals surface area contributed by atoms with Crippen molar-refractivity contribution in [2.24, 2.45) is 11.3 Å². The van der Waals surface area contributed by atoms with E-state index in [0.29, 0.717) is 23.5 Å². The molecule has 1 unspecified atom stereocenters. The van der Waals surface area contributed by atoms with Crippen LogP contribution in [0.4, 0.5) is 0 Å². The van der Waals surface area contributed by atoms with Gasteiger partial charge in [-0.05, 0) is 30.6 Å². The lowest BCUT2D eigenvalue weighted by Crippen LogP contribution is -2.30. The van der Waals surface area contributed by atoms with Crippen LogP contribution in [-0.4, -0.2) is 6.54 Å². The molecule has 0 saturated heterocycles. The van der Waals surface area contributed by atoms with Gasteiger partial charge in [-0.2, -0.15) is 15.8 Å². The van der Waals surface area contributed by atoms with Crippen LogP contribution < -0.4 is 5.32 Å². The first kappa shape index (κ1) is 19.8. The number of rotatable bonds is 7. The van der Waals surface area contributed by atoms with Gasteiger partial charge in [-0.3, -0.25) is 0 Å². The Morgan fingerprint density at radius 1 is 1.17 bits per heavy atom. The first-order valence-electron chi connectivity index (χ1n) is 8.83. The van der Waals surface area contributed by atoms with Gasteiger partial charge in [0.25, 0.3) is 0 Å². The van der Waals surface area contributed by atoms with Crippen molar-refractivity contribution in [1.82, 2.24) is 5.32 Å². The lowest BCUT2D eigenvalue weighted by atomic mass is 9.73. The second-order valence-electron chi connectivity index (χ2n) is 7.36. The molecule has 1 rings (SSSR count). The summed E-state index contributed by atoms with van der Waals surface area (Å²) in [7, 11) is 0. The van der Waals surface area contributed by atoms with Crippen LogP contribution >= 0.6 is 0 Å². The molecule has 0 spiro atoms. The lowest BCUT2D eigenvalue weighted by molar-refractivity contribution is 0.331. The second kappa shape index (κ2) is 9.14. The van der Waals surface area contributed by atoms with Crippen LogP contribution in [0.2, 0.25) is 0 Å². The van der Waals surface area contributed by atoms with Gasteiger partial charge in [-0.25, -0.2) is 0 Å². The summed E-state index contributed by atoms with van der Waals surface area (Å²) in [4.78, 5) is 0. The van der Waals surface area contributed by atoms with Crippen molar-refractivity contribution in [2.75, 3.05) is 6.54 Å². The average molecular weight is 324 g/mol. The third-order valence-electron chi connectivity index (χ3n) is 4.70. The summed E-state index contributed by atoms with van der Waals surface area (Å²) in [6.45, 7) is 9.46. The zero-order chi connectivity index (χ0) is 18.2. The van der Waals surface area contributed by atoms with Crippen LogP contribution in [-0.2, 0) is 0 Å². The molecule has 1 aliphatic rings. The fourth-order valence-electron chi connectivity index (χ4n) is 3.25. The Kier molecular flexibility index (Phi) is 7.54. The van der Waals surface area contributed by atoms with Crippen LogP contribution in [0.3, 0.4) is 0 Å². The number of hydrogen-bond acceptors (Lipinski definition) is 4. The predicted molar refractivity (Wildman–Crippen MR) is 95.2 cm³/mol. The van der Waals surface area contributed by atoms with E-state index in [1.807, 2.05) is 12.1 Å². The van der Waals surface area contributed by atoms with E-state index in [4.69, 9.17) is 0 Å². The van der Waals surface area contributed by atoms with Gasteiger partial charge in [-0.15, -0.1) is 0 Å². The van der Waals surface area contributed by atoms with Gasteiger partial charge >= 0.3 is 0 Å². The maximum atomic E-state index is 9.60. The van der Waals surface area contributed by atoms with Gasteiger partial charge in [0.2, 0.25) is 0 Å². The van der Waals surface area contributed by atoms with E-state index in [0.717, 1.165) is 25.1 Å². The summed E-state index contributed by atoms with van der Waals surface area (Å²) in [6, 6.07) is 6.14. The first-order valence-corrected chi connectivity index (χ1v) is 8.83. The van der Waals surface area contributed by atoms with Crippen molar-refractivity contribution >= 4 is 0 Å². The van der Waals surface area contributed by atoms with E-state index in [-0.39, 0.29) is 11.0 Å². The van der Waals surface area contributed by atoms with Crippen molar-refractivity contribution in [3.63, 3.8) is 0 Å². The fraction of sp³-hybridized carbons (Fsp3) is 0.650. The number of nitriles is 3. The minimum Gasteiger partial charge on any atom is -0.387 e. The molecule has 1 N–H and O–H groups in total. The Morgan fingerprint density at radius 3 is 2.33 bits per heavy atom. The zero-order valence-corrected chi connectivity index (χ0v) is 15.4. The molecule has 1 atom stereocenters. The molecule has 4 nitrogen and oxygen atoms in total. The summed E-state index contributed by atoms with van der Waals surface area (Å²) in [5.74, 6) is 0.585. The molecule has 0 amide bonds. The van der Waals surface area contributed by atoms with E-state index >= 15 is 0 Å².